The Bertz CT molecular complexity index is 876. The van der Waals surface area contributed by atoms with Gasteiger partial charge in [-0.1, -0.05) is 29.8 Å². The van der Waals surface area contributed by atoms with E-state index in [1.54, 1.807) is 6.07 Å². The van der Waals surface area contributed by atoms with Crippen LogP contribution in [-0.4, -0.2) is 24.5 Å². The van der Waals surface area contributed by atoms with E-state index in [2.05, 4.69) is 10.6 Å². The number of urea groups is 1. The van der Waals surface area contributed by atoms with Gasteiger partial charge >= 0.3 is 12.0 Å². The second-order valence-corrected chi connectivity index (χ2v) is 5.81. The van der Waals surface area contributed by atoms with E-state index < -0.39 is 24.5 Å². The lowest BCUT2D eigenvalue weighted by Gasteiger charge is -2.09. The number of halogens is 1. The number of rotatable bonds is 5. The van der Waals surface area contributed by atoms with Crippen LogP contribution in [-0.2, 0) is 14.3 Å². The fraction of sp³-hybridized carbons (Fsp3) is 0.150. The van der Waals surface area contributed by atoms with Gasteiger partial charge in [0.15, 0.2) is 6.61 Å². The summed E-state index contributed by atoms with van der Waals surface area (Å²) in [6.07, 6.45) is 2.53. The van der Waals surface area contributed by atoms with Crippen LogP contribution < -0.4 is 10.6 Å². The fourth-order valence-corrected chi connectivity index (χ4v) is 2.19. The molecular formula is C20H19FN2O4. The molecule has 0 aliphatic rings. The van der Waals surface area contributed by atoms with Crippen LogP contribution in [0.2, 0.25) is 0 Å². The average Bonchev–Trinajstić information content (AvgIpc) is 2.62. The normalized spacial score (nSPS) is 10.5. The molecule has 0 saturated heterocycles. The van der Waals surface area contributed by atoms with Crippen LogP contribution in [0, 0.1) is 19.7 Å². The van der Waals surface area contributed by atoms with E-state index in [-0.39, 0.29) is 5.82 Å². The molecule has 6 nitrogen and oxygen atoms in total. The van der Waals surface area contributed by atoms with Crippen molar-refractivity contribution in [3.05, 3.63) is 71.0 Å². The van der Waals surface area contributed by atoms with Crippen LogP contribution in [0.4, 0.5) is 14.9 Å². The molecule has 0 aromatic heterocycles. The van der Waals surface area contributed by atoms with E-state index in [1.807, 2.05) is 26.0 Å². The van der Waals surface area contributed by atoms with Gasteiger partial charge < -0.3 is 10.1 Å². The number of carbonyl (C=O) groups is 3. The van der Waals surface area contributed by atoms with Crippen molar-refractivity contribution >= 4 is 29.7 Å². The summed E-state index contributed by atoms with van der Waals surface area (Å²) < 4.78 is 17.5. The molecule has 0 spiro atoms. The van der Waals surface area contributed by atoms with Gasteiger partial charge in [0.1, 0.15) is 5.82 Å². The molecule has 0 atom stereocenters. The third-order valence-corrected chi connectivity index (χ3v) is 3.51. The van der Waals surface area contributed by atoms with Gasteiger partial charge in [-0.3, -0.25) is 10.1 Å². The number of ether oxygens (including phenoxy) is 1. The van der Waals surface area contributed by atoms with E-state index in [4.69, 9.17) is 4.74 Å². The second-order valence-electron chi connectivity index (χ2n) is 5.81. The summed E-state index contributed by atoms with van der Waals surface area (Å²) in [6, 6.07) is 10.2. The summed E-state index contributed by atoms with van der Waals surface area (Å²) in [6.45, 7) is 3.16. The first-order valence-electron chi connectivity index (χ1n) is 8.12. The van der Waals surface area contributed by atoms with Gasteiger partial charge in [0, 0.05) is 11.8 Å². The summed E-state index contributed by atoms with van der Waals surface area (Å²) in [5, 5.41) is 4.62. The van der Waals surface area contributed by atoms with Crippen LogP contribution >= 0.6 is 0 Å². The Morgan fingerprint density at radius 3 is 2.44 bits per heavy atom. The van der Waals surface area contributed by atoms with Crippen molar-refractivity contribution in [1.82, 2.24) is 5.32 Å². The van der Waals surface area contributed by atoms with Crippen molar-refractivity contribution in [2.24, 2.45) is 0 Å². The highest BCUT2D eigenvalue weighted by atomic mass is 19.1. The van der Waals surface area contributed by atoms with Crippen LogP contribution in [0.1, 0.15) is 16.7 Å². The zero-order valence-electron chi connectivity index (χ0n) is 14.9. The summed E-state index contributed by atoms with van der Waals surface area (Å²) in [5.74, 6) is -1.91. The van der Waals surface area contributed by atoms with Gasteiger partial charge in [0.05, 0.1) is 0 Å². The lowest BCUT2D eigenvalue weighted by atomic mass is 10.1. The fourth-order valence-electron chi connectivity index (χ4n) is 2.19. The largest absolute Gasteiger partial charge is 0.452 e. The summed E-state index contributed by atoms with van der Waals surface area (Å²) in [5.41, 5.74) is 3.08. The maximum absolute atomic E-state index is 12.8. The number of hydrogen-bond acceptors (Lipinski definition) is 4. The lowest BCUT2D eigenvalue weighted by Crippen LogP contribution is -2.37. The first kappa shape index (κ1) is 19.8. The van der Waals surface area contributed by atoms with Crippen molar-refractivity contribution < 1.29 is 23.5 Å². The Morgan fingerprint density at radius 1 is 1.07 bits per heavy atom. The monoisotopic (exact) mass is 370 g/mol. The zero-order chi connectivity index (χ0) is 19.8. The predicted octanol–water partition coefficient (Wildman–Crippen LogP) is 3.35. The molecule has 140 valence electrons. The number of imide groups is 1. The quantitative estimate of drug-likeness (QED) is 0.624. The molecule has 0 radical (unpaired) electrons. The summed E-state index contributed by atoms with van der Waals surface area (Å²) >= 11 is 0. The predicted molar refractivity (Wildman–Crippen MR) is 99.5 cm³/mol. The number of aryl methyl sites for hydroxylation is 2. The molecule has 0 unspecified atom stereocenters. The lowest BCUT2D eigenvalue weighted by molar-refractivity contribution is -0.143. The van der Waals surface area contributed by atoms with Crippen LogP contribution in [0.25, 0.3) is 6.08 Å². The van der Waals surface area contributed by atoms with Crippen LogP contribution in [0.3, 0.4) is 0 Å². The molecule has 2 aromatic rings. The topological polar surface area (TPSA) is 84.5 Å². The molecule has 0 aliphatic carbocycles. The molecular weight excluding hydrogens is 351 g/mol. The maximum Gasteiger partial charge on any atom is 0.331 e. The number of nitrogens with one attached hydrogen (secondary N) is 2. The third-order valence-electron chi connectivity index (χ3n) is 3.51. The Labute approximate surface area is 156 Å². The first-order valence-corrected chi connectivity index (χ1v) is 8.12. The number of anilines is 1. The highest BCUT2D eigenvalue weighted by molar-refractivity contribution is 6.02. The van der Waals surface area contributed by atoms with E-state index in [9.17, 15) is 18.8 Å². The van der Waals surface area contributed by atoms with Gasteiger partial charge in [-0.2, -0.15) is 0 Å². The van der Waals surface area contributed by atoms with Gasteiger partial charge in [-0.15, -0.1) is 0 Å². The molecule has 7 heteroatoms. The number of hydrogen-bond donors (Lipinski definition) is 2. The van der Waals surface area contributed by atoms with E-state index >= 15 is 0 Å². The number of benzene rings is 2. The maximum atomic E-state index is 12.8. The molecule has 0 fully saturated rings. The van der Waals surface area contributed by atoms with Gasteiger partial charge in [-0.25, -0.2) is 14.0 Å². The van der Waals surface area contributed by atoms with Crippen molar-refractivity contribution in [3.63, 3.8) is 0 Å². The van der Waals surface area contributed by atoms with Crippen molar-refractivity contribution in [2.75, 3.05) is 11.9 Å². The summed E-state index contributed by atoms with van der Waals surface area (Å²) in [7, 11) is 0. The van der Waals surface area contributed by atoms with E-state index in [1.165, 1.54) is 30.3 Å². The third kappa shape index (κ3) is 6.74. The molecule has 27 heavy (non-hydrogen) atoms. The molecule has 0 bridgehead atoms. The van der Waals surface area contributed by atoms with Gasteiger partial charge in [0.2, 0.25) is 0 Å². The molecule has 0 heterocycles. The SMILES string of the molecule is Cc1ccc(NC(=O)NC(=O)COC(=O)C=Cc2ccc(F)cc2)c(C)c1. The highest BCUT2D eigenvalue weighted by Gasteiger charge is 2.11. The smallest absolute Gasteiger partial charge is 0.331 e. The van der Waals surface area contributed by atoms with Crippen molar-refractivity contribution in [3.8, 4) is 0 Å². The van der Waals surface area contributed by atoms with E-state index in [0.29, 0.717) is 11.3 Å². The standard InChI is InChI=1S/C20H19FN2O4/c1-13-3-9-17(14(2)11-13)22-20(26)23-18(24)12-27-19(25)10-6-15-4-7-16(21)8-5-15/h3-11H,12H2,1-2H3,(H2,22,23,24,26). The Kier molecular flexibility index (Phi) is 6.82. The molecule has 3 amide bonds. The van der Waals surface area contributed by atoms with Crippen molar-refractivity contribution in [1.29, 1.82) is 0 Å². The summed E-state index contributed by atoms with van der Waals surface area (Å²) in [4.78, 5) is 35.1. The molecule has 0 saturated carbocycles. The van der Waals surface area contributed by atoms with Crippen LogP contribution in [0.15, 0.2) is 48.5 Å². The molecule has 2 aromatic carbocycles. The average molecular weight is 370 g/mol. The minimum atomic E-state index is -0.763. The minimum Gasteiger partial charge on any atom is -0.452 e. The van der Waals surface area contributed by atoms with Gasteiger partial charge in [0.25, 0.3) is 5.91 Å². The van der Waals surface area contributed by atoms with Crippen LogP contribution in [0.5, 0.6) is 0 Å². The second kappa shape index (κ2) is 9.28. The zero-order valence-corrected chi connectivity index (χ0v) is 14.9. The Balaban J connectivity index is 1.77. The van der Waals surface area contributed by atoms with Crippen molar-refractivity contribution in [2.45, 2.75) is 13.8 Å². The number of carbonyl (C=O) groups excluding carboxylic acids is 3. The Hall–Kier alpha value is -3.48. The van der Waals surface area contributed by atoms with E-state index in [0.717, 1.165) is 17.2 Å². The number of esters is 1. The highest BCUT2D eigenvalue weighted by Crippen LogP contribution is 2.15. The first-order chi connectivity index (χ1) is 12.8. The molecule has 0 aliphatic heterocycles. The minimum absolute atomic E-state index is 0.384. The number of amides is 3. The Morgan fingerprint density at radius 2 is 1.78 bits per heavy atom. The molecule has 2 N–H and O–H groups in total. The molecule has 2 rings (SSSR count). The van der Waals surface area contributed by atoms with Gasteiger partial charge in [-0.05, 0) is 49.2 Å².